The van der Waals surface area contributed by atoms with Gasteiger partial charge in [-0.25, -0.2) is 0 Å². The van der Waals surface area contributed by atoms with Crippen LogP contribution >= 0.6 is 0 Å². The first-order chi connectivity index (χ1) is 13.7. The van der Waals surface area contributed by atoms with Gasteiger partial charge in [0.2, 0.25) is 0 Å². The Morgan fingerprint density at radius 1 is 0.613 bits per heavy atom. The zero-order valence-electron chi connectivity index (χ0n) is 20.0. The van der Waals surface area contributed by atoms with Crippen LogP contribution in [0.4, 0.5) is 0 Å². The molecule has 2 aromatic rings. The maximum atomic E-state index is 2.52. The van der Waals surface area contributed by atoms with Gasteiger partial charge in [0.05, 0.1) is 0 Å². The quantitative estimate of drug-likeness (QED) is 0.567. The number of aryl methyl sites for hydroxylation is 2. The first-order valence-electron chi connectivity index (χ1n) is 11.1. The Kier molecular flexibility index (Phi) is 8.69. The summed E-state index contributed by atoms with van der Waals surface area (Å²) in [6.07, 6.45) is 5.05. The molecule has 0 spiro atoms. The monoisotopic (exact) mass is 530 g/mol. The number of halogens is 2. The van der Waals surface area contributed by atoms with E-state index < -0.39 is 23.2 Å². The molecule has 2 atom stereocenters. The second-order valence-corrected chi connectivity index (χ2v) is 13.4. The van der Waals surface area contributed by atoms with Crippen molar-refractivity contribution in [1.82, 2.24) is 0 Å². The van der Waals surface area contributed by atoms with E-state index in [-0.39, 0.29) is 24.8 Å². The van der Waals surface area contributed by atoms with Crippen LogP contribution in [0.5, 0.6) is 0 Å². The average Bonchev–Trinajstić information content (AvgIpc) is 3.14. The second kappa shape index (κ2) is 10.1. The molecule has 0 amide bonds. The minimum absolute atomic E-state index is 0. The van der Waals surface area contributed by atoms with E-state index in [1.807, 2.05) is 0 Å². The molecule has 0 bridgehead atoms. The summed E-state index contributed by atoms with van der Waals surface area (Å²) in [5.41, 5.74) is 15.7. The van der Waals surface area contributed by atoms with Crippen LogP contribution in [0.1, 0.15) is 105 Å². The molecule has 0 aliphatic heterocycles. The van der Waals surface area contributed by atoms with E-state index in [1.54, 1.807) is 33.4 Å². The molecule has 2 aromatic carbocycles. The fourth-order valence-electron chi connectivity index (χ4n) is 5.29. The first kappa shape index (κ1) is 26.6. The number of rotatable bonds is 4. The van der Waals surface area contributed by atoms with E-state index in [0.29, 0.717) is 19.1 Å². The molecule has 4 rings (SSSR count). The summed E-state index contributed by atoms with van der Waals surface area (Å²) in [6, 6.07) is 9.48. The normalized spacial score (nSPS) is 18.6. The Bertz CT molecular complexity index is 960. The van der Waals surface area contributed by atoms with Crippen LogP contribution in [0, 0.1) is 13.8 Å². The Labute approximate surface area is 213 Å². The van der Waals surface area contributed by atoms with Crippen molar-refractivity contribution in [3.8, 4) is 0 Å². The second-order valence-electron chi connectivity index (χ2n) is 9.72. The third-order valence-electron chi connectivity index (χ3n) is 6.89. The summed E-state index contributed by atoms with van der Waals surface area (Å²) >= 11 is -0.767. The molecule has 164 valence electrons. The molecule has 3 heteroatoms. The topological polar surface area (TPSA) is 0 Å². The van der Waals surface area contributed by atoms with Crippen LogP contribution in [0.15, 0.2) is 35.4 Å². The summed E-state index contributed by atoms with van der Waals surface area (Å²) in [5, 5.41) is 0. The van der Waals surface area contributed by atoms with Gasteiger partial charge in [0.15, 0.2) is 0 Å². The van der Waals surface area contributed by atoms with Crippen LogP contribution < -0.4 is 24.8 Å². The summed E-state index contributed by atoms with van der Waals surface area (Å²) < 4.78 is 1.41. The van der Waals surface area contributed by atoms with E-state index in [0.717, 1.165) is 0 Å². The van der Waals surface area contributed by atoms with Crippen molar-refractivity contribution >= 4 is 12.2 Å². The average molecular weight is 533 g/mol. The predicted octanol–water partition coefficient (Wildman–Crippen LogP) is 2.26. The Morgan fingerprint density at radius 2 is 0.968 bits per heavy atom. The van der Waals surface area contributed by atoms with Gasteiger partial charge in [-0.05, 0) is 0 Å². The van der Waals surface area contributed by atoms with Gasteiger partial charge in [-0.3, -0.25) is 0 Å². The number of hydrogen-bond acceptors (Lipinski definition) is 0. The third kappa shape index (κ3) is 4.58. The van der Waals surface area contributed by atoms with Gasteiger partial charge in [-0.1, -0.05) is 0 Å². The number of allylic oxidation sites excluding steroid dienone is 2. The maximum absolute atomic E-state index is 2.52. The van der Waals surface area contributed by atoms with Crippen molar-refractivity contribution < 1.29 is 48.0 Å². The van der Waals surface area contributed by atoms with Crippen LogP contribution in [-0.4, -0.2) is 0 Å². The van der Waals surface area contributed by atoms with Gasteiger partial charge in [0.1, 0.15) is 0 Å². The number of fused-ring (bicyclic) bond motifs is 2. The maximum Gasteiger partial charge on any atom is -1.00 e. The molecule has 0 aromatic heterocycles. The molecule has 31 heavy (non-hydrogen) atoms. The van der Waals surface area contributed by atoms with Crippen LogP contribution in [0.3, 0.4) is 0 Å². The van der Waals surface area contributed by atoms with Gasteiger partial charge < -0.3 is 24.8 Å². The standard InChI is InChI=1S/2C14H17.2ClH.Zr/c2*1-9(2)12-6-5-11(4)13-7-10(3)8-14(12)13;;;/h2*5-9H,1-4H3;2*1H;/q;;;;+2/p-2. The molecule has 2 aliphatic rings. The molecular formula is C28H34Cl2Zr. The fourth-order valence-corrected chi connectivity index (χ4v) is 10.5. The first-order valence-corrected chi connectivity index (χ1v) is 13.9. The summed E-state index contributed by atoms with van der Waals surface area (Å²) in [6.45, 7) is 18.8. The van der Waals surface area contributed by atoms with Crippen molar-refractivity contribution in [2.45, 2.75) is 74.5 Å². The summed E-state index contributed by atoms with van der Waals surface area (Å²) in [7, 11) is 0. The molecule has 2 unspecified atom stereocenters. The van der Waals surface area contributed by atoms with E-state index in [4.69, 9.17) is 0 Å². The zero-order valence-corrected chi connectivity index (χ0v) is 24.0. The Morgan fingerprint density at radius 3 is 1.29 bits per heavy atom. The molecule has 0 saturated heterocycles. The van der Waals surface area contributed by atoms with E-state index in [1.165, 1.54) is 22.3 Å². The molecule has 0 nitrogen and oxygen atoms in total. The van der Waals surface area contributed by atoms with Crippen molar-refractivity contribution in [2.24, 2.45) is 0 Å². The molecule has 0 saturated carbocycles. The van der Waals surface area contributed by atoms with Crippen LogP contribution in [-0.2, 0) is 23.2 Å². The summed E-state index contributed by atoms with van der Waals surface area (Å²) in [5.74, 6) is 1.17. The SMILES string of the molecule is CC1=Cc2c(C(C)C)ccc(C)c2[CH]1[Zr+2][CH]1C(C)=Cc2c(C(C)C)ccc(C)c21.[Cl-].[Cl-]. The van der Waals surface area contributed by atoms with Gasteiger partial charge >= 0.3 is 190 Å². The van der Waals surface area contributed by atoms with Crippen molar-refractivity contribution in [2.75, 3.05) is 0 Å². The van der Waals surface area contributed by atoms with Gasteiger partial charge in [0.25, 0.3) is 0 Å². The van der Waals surface area contributed by atoms with E-state index >= 15 is 0 Å². The van der Waals surface area contributed by atoms with Crippen molar-refractivity contribution in [1.29, 1.82) is 0 Å². The molecule has 2 aliphatic carbocycles. The number of hydrogen-bond donors (Lipinski definition) is 0. The van der Waals surface area contributed by atoms with E-state index in [9.17, 15) is 0 Å². The van der Waals surface area contributed by atoms with Crippen molar-refractivity contribution in [3.05, 3.63) is 79.9 Å². The minimum atomic E-state index is -0.767. The van der Waals surface area contributed by atoms with Gasteiger partial charge in [-0.15, -0.1) is 0 Å². The molecule has 0 heterocycles. The van der Waals surface area contributed by atoms with Crippen molar-refractivity contribution in [3.63, 3.8) is 0 Å². The molecule has 0 fully saturated rings. The van der Waals surface area contributed by atoms with Crippen LogP contribution in [0.25, 0.3) is 12.2 Å². The predicted molar refractivity (Wildman–Crippen MR) is 123 cm³/mol. The Hall–Kier alpha value is -0.617. The van der Waals surface area contributed by atoms with E-state index in [2.05, 4.69) is 91.8 Å². The molecular weight excluding hydrogens is 498 g/mol. The van der Waals surface area contributed by atoms with Gasteiger partial charge in [0, 0.05) is 0 Å². The van der Waals surface area contributed by atoms with Gasteiger partial charge in [-0.2, -0.15) is 0 Å². The largest absolute Gasteiger partial charge is 1.00 e. The third-order valence-corrected chi connectivity index (χ3v) is 12.2. The van der Waals surface area contributed by atoms with Crippen LogP contribution in [0.2, 0.25) is 0 Å². The molecule has 0 radical (unpaired) electrons. The fraction of sp³-hybridized carbons (Fsp3) is 0.429. The molecule has 0 N–H and O–H groups in total. The number of benzene rings is 2. The minimum Gasteiger partial charge on any atom is -1.00 e. The zero-order chi connectivity index (χ0) is 21.0. The Balaban J connectivity index is 0.00000171. The summed E-state index contributed by atoms with van der Waals surface area (Å²) in [4.78, 5) is 0. The smallest absolute Gasteiger partial charge is 1.00 e.